The summed E-state index contributed by atoms with van der Waals surface area (Å²) >= 11 is 0. The lowest BCUT2D eigenvalue weighted by atomic mass is 10.0. The van der Waals surface area contributed by atoms with E-state index in [1.165, 1.54) is 23.2 Å². The number of nitrogens with one attached hydrogen (secondary N) is 1. The van der Waals surface area contributed by atoms with Gasteiger partial charge in [0.05, 0.1) is 12.3 Å². The Morgan fingerprint density at radius 2 is 1.89 bits per heavy atom. The Morgan fingerprint density at radius 3 is 2.79 bits per heavy atom. The second-order valence-electron chi connectivity index (χ2n) is 4.90. The molecule has 2 nitrogen and oxygen atoms in total. The zero-order valence-electron chi connectivity index (χ0n) is 11.1. The molecule has 1 aliphatic rings. The van der Waals surface area contributed by atoms with Gasteiger partial charge in [0.1, 0.15) is 5.75 Å². The Bertz CT molecular complexity index is 536. The first-order valence-electron chi connectivity index (χ1n) is 6.96. The molecule has 0 bridgehead atoms. The first kappa shape index (κ1) is 12.1. The number of hydrogen-bond donors (Lipinski definition) is 1. The third-order valence-electron chi connectivity index (χ3n) is 3.53. The van der Waals surface area contributed by atoms with E-state index in [9.17, 15) is 0 Å². The second-order valence-corrected chi connectivity index (χ2v) is 4.90. The summed E-state index contributed by atoms with van der Waals surface area (Å²) < 4.78 is 5.95. The van der Waals surface area contributed by atoms with Crippen molar-refractivity contribution in [3.05, 3.63) is 59.7 Å². The Morgan fingerprint density at radius 1 is 1.00 bits per heavy atom. The Hall–Kier alpha value is -1.96. The molecule has 0 saturated heterocycles. The van der Waals surface area contributed by atoms with Crippen LogP contribution < -0.4 is 10.1 Å². The number of benzene rings is 2. The summed E-state index contributed by atoms with van der Waals surface area (Å²) in [7, 11) is 0. The Kier molecular flexibility index (Phi) is 3.68. The molecule has 0 fully saturated rings. The van der Waals surface area contributed by atoms with Crippen molar-refractivity contribution in [1.82, 2.24) is 0 Å². The fraction of sp³-hybridized carbons (Fsp3) is 0.294. The lowest BCUT2D eigenvalue weighted by Gasteiger charge is -2.21. The maximum Gasteiger partial charge on any atom is 0.142 e. The van der Waals surface area contributed by atoms with Gasteiger partial charge in [-0.2, -0.15) is 0 Å². The number of hydrogen-bond acceptors (Lipinski definition) is 2. The average Bonchev–Trinajstić information content (AvgIpc) is 2.49. The quantitative estimate of drug-likeness (QED) is 0.897. The monoisotopic (exact) mass is 253 g/mol. The molecular formula is C17H19NO. The predicted octanol–water partition coefficient (Wildman–Crippen LogP) is 3.67. The highest BCUT2D eigenvalue weighted by Crippen LogP contribution is 2.31. The molecule has 0 spiro atoms. The zero-order valence-corrected chi connectivity index (χ0v) is 11.1. The minimum Gasteiger partial charge on any atom is -0.491 e. The standard InChI is InChI=1S/C17H19NO/c1-2-6-14(7-3-1)11-13-19-16-10-4-8-15-9-5-12-18-17(15)16/h1-4,6-8,10,18H,5,9,11-13H2. The number of anilines is 1. The van der Waals surface area contributed by atoms with Crippen molar-refractivity contribution in [2.45, 2.75) is 19.3 Å². The van der Waals surface area contributed by atoms with E-state index in [1.54, 1.807) is 0 Å². The lowest BCUT2D eigenvalue weighted by molar-refractivity contribution is 0.323. The smallest absolute Gasteiger partial charge is 0.142 e. The van der Waals surface area contributed by atoms with Crippen molar-refractivity contribution in [2.75, 3.05) is 18.5 Å². The van der Waals surface area contributed by atoms with Gasteiger partial charge in [-0.15, -0.1) is 0 Å². The van der Waals surface area contributed by atoms with Crippen LogP contribution in [0, 0.1) is 0 Å². The summed E-state index contributed by atoms with van der Waals surface area (Å²) in [5.41, 5.74) is 3.89. The van der Waals surface area contributed by atoms with Crippen LogP contribution >= 0.6 is 0 Å². The topological polar surface area (TPSA) is 21.3 Å². The van der Waals surface area contributed by atoms with Gasteiger partial charge in [-0.1, -0.05) is 42.5 Å². The van der Waals surface area contributed by atoms with Crippen LogP contribution in [0.25, 0.3) is 0 Å². The maximum atomic E-state index is 5.95. The summed E-state index contributed by atoms with van der Waals surface area (Å²) in [5.74, 6) is 0.994. The maximum absolute atomic E-state index is 5.95. The van der Waals surface area contributed by atoms with Gasteiger partial charge in [0.2, 0.25) is 0 Å². The van der Waals surface area contributed by atoms with Crippen LogP contribution in [0.3, 0.4) is 0 Å². The van der Waals surface area contributed by atoms with Crippen molar-refractivity contribution < 1.29 is 4.74 Å². The SMILES string of the molecule is c1ccc(CCOc2cccc3c2NCCC3)cc1. The van der Waals surface area contributed by atoms with Crippen molar-refractivity contribution >= 4 is 5.69 Å². The van der Waals surface area contributed by atoms with Crippen molar-refractivity contribution in [3.63, 3.8) is 0 Å². The van der Waals surface area contributed by atoms with E-state index in [1.807, 2.05) is 6.07 Å². The molecule has 2 aromatic rings. The molecule has 0 aromatic heterocycles. The summed E-state index contributed by atoms with van der Waals surface area (Å²) in [5, 5.41) is 3.45. The van der Waals surface area contributed by atoms with Crippen molar-refractivity contribution in [1.29, 1.82) is 0 Å². The number of rotatable bonds is 4. The van der Waals surface area contributed by atoms with E-state index in [0.717, 1.165) is 31.7 Å². The fourth-order valence-corrected chi connectivity index (χ4v) is 2.52. The molecule has 0 atom stereocenters. The molecule has 1 heterocycles. The van der Waals surface area contributed by atoms with E-state index in [0.29, 0.717) is 0 Å². The van der Waals surface area contributed by atoms with Gasteiger partial charge < -0.3 is 10.1 Å². The summed E-state index contributed by atoms with van der Waals surface area (Å²) in [4.78, 5) is 0. The molecule has 0 amide bonds. The fourth-order valence-electron chi connectivity index (χ4n) is 2.52. The number of aryl methyl sites for hydroxylation is 1. The van der Waals surface area contributed by atoms with E-state index < -0.39 is 0 Å². The normalized spacial score (nSPS) is 13.5. The van der Waals surface area contributed by atoms with Crippen LogP contribution in [0.15, 0.2) is 48.5 Å². The molecule has 0 unspecified atom stereocenters. The molecule has 98 valence electrons. The van der Waals surface area contributed by atoms with Gasteiger partial charge in [-0.05, 0) is 30.0 Å². The molecule has 3 rings (SSSR count). The van der Waals surface area contributed by atoms with E-state index in [-0.39, 0.29) is 0 Å². The minimum absolute atomic E-state index is 0.724. The van der Waals surface area contributed by atoms with Crippen LogP contribution in [-0.4, -0.2) is 13.2 Å². The molecule has 1 N–H and O–H groups in total. The number of para-hydroxylation sites is 1. The van der Waals surface area contributed by atoms with Crippen LogP contribution in [-0.2, 0) is 12.8 Å². The van der Waals surface area contributed by atoms with Crippen LogP contribution in [0.2, 0.25) is 0 Å². The van der Waals surface area contributed by atoms with Crippen LogP contribution in [0.5, 0.6) is 5.75 Å². The summed E-state index contributed by atoms with van der Waals surface area (Å²) in [6, 6.07) is 16.8. The first-order valence-corrected chi connectivity index (χ1v) is 6.96. The summed E-state index contributed by atoms with van der Waals surface area (Å²) in [6.45, 7) is 1.77. The molecule has 0 saturated carbocycles. The molecule has 2 aromatic carbocycles. The van der Waals surface area contributed by atoms with Gasteiger partial charge >= 0.3 is 0 Å². The van der Waals surface area contributed by atoms with Crippen LogP contribution in [0.4, 0.5) is 5.69 Å². The third kappa shape index (κ3) is 2.90. The van der Waals surface area contributed by atoms with Gasteiger partial charge in [-0.25, -0.2) is 0 Å². The minimum atomic E-state index is 0.724. The molecule has 19 heavy (non-hydrogen) atoms. The molecule has 2 heteroatoms. The number of ether oxygens (including phenoxy) is 1. The van der Waals surface area contributed by atoms with Gasteiger partial charge in [0, 0.05) is 13.0 Å². The van der Waals surface area contributed by atoms with Crippen LogP contribution in [0.1, 0.15) is 17.5 Å². The van der Waals surface area contributed by atoms with Crippen molar-refractivity contribution in [2.24, 2.45) is 0 Å². The zero-order chi connectivity index (χ0) is 12.9. The highest BCUT2D eigenvalue weighted by molar-refractivity contribution is 5.63. The van der Waals surface area contributed by atoms with Gasteiger partial charge in [0.25, 0.3) is 0 Å². The molecule has 1 aliphatic heterocycles. The predicted molar refractivity (Wildman–Crippen MR) is 78.9 cm³/mol. The second kappa shape index (κ2) is 5.79. The van der Waals surface area contributed by atoms with E-state index in [4.69, 9.17) is 4.74 Å². The Labute approximate surface area is 114 Å². The third-order valence-corrected chi connectivity index (χ3v) is 3.53. The molecule has 0 aliphatic carbocycles. The van der Waals surface area contributed by atoms with Gasteiger partial charge in [-0.3, -0.25) is 0 Å². The first-order chi connectivity index (χ1) is 9.43. The van der Waals surface area contributed by atoms with Gasteiger partial charge in [0.15, 0.2) is 0 Å². The lowest BCUT2D eigenvalue weighted by Crippen LogP contribution is -2.13. The highest BCUT2D eigenvalue weighted by atomic mass is 16.5. The van der Waals surface area contributed by atoms with Crippen molar-refractivity contribution in [3.8, 4) is 5.75 Å². The molecular weight excluding hydrogens is 234 g/mol. The Balaban J connectivity index is 1.64. The average molecular weight is 253 g/mol. The highest BCUT2D eigenvalue weighted by Gasteiger charge is 2.12. The van der Waals surface area contributed by atoms with E-state index >= 15 is 0 Å². The summed E-state index contributed by atoms with van der Waals surface area (Å²) in [6.07, 6.45) is 3.31. The molecule has 0 radical (unpaired) electrons. The number of fused-ring (bicyclic) bond motifs is 1. The van der Waals surface area contributed by atoms with E-state index in [2.05, 4.69) is 47.8 Å². The largest absolute Gasteiger partial charge is 0.491 e.